The van der Waals surface area contributed by atoms with Gasteiger partial charge < -0.3 is 0 Å². The smallest absolute Gasteiger partial charge is 0.236 e. The fraction of sp³-hybridized carbons (Fsp3) is 0.333. The number of anilines is 1. The summed E-state index contributed by atoms with van der Waals surface area (Å²) >= 11 is 2.89. The molecule has 1 fully saturated rings. The Morgan fingerprint density at radius 3 is 3.00 bits per heavy atom. The fourth-order valence-electron chi connectivity index (χ4n) is 2.62. The second-order valence-corrected chi connectivity index (χ2v) is 8.38. The van der Waals surface area contributed by atoms with Gasteiger partial charge in [0.1, 0.15) is 5.01 Å². The second kappa shape index (κ2) is 7.20. The monoisotopic (exact) mass is 385 g/mol. The number of carbonyl (C=O) groups is 1. The Bertz CT molecular complexity index is 945. The zero-order valence-electron chi connectivity index (χ0n) is 14.6. The lowest BCUT2D eigenvalue weighted by Crippen LogP contribution is -2.14. The van der Waals surface area contributed by atoms with Crippen molar-refractivity contribution in [2.24, 2.45) is 0 Å². The Labute approximate surface area is 160 Å². The average Bonchev–Trinajstić information content (AvgIpc) is 3.19. The second-order valence-electron chi connectivity index (χ2n) is 6.43. The van der Waals surface area contributed by atoms with Crippen LogP contribution >= 0.6 is 23.1 Å². The number of hydrogen-bond donors (Lipinski definition) is 1. The number of nitrogens with one attached hydrogen (secondary N) is 1. The van der Waals surface area contributed by atoms with E-state index >= 15 is 0 Å². The van der Waals surface area contributed by atoms with Crippen LogP contribution in [0.5, 0.6) is 0 Å². The number of aryl methyl sites for hydroxylation is 2. The molecule has 1 aliphatic rings. The maximum absolute atomic E-state index is 12.2. The van der Waals surface area contributed by atoms with E-state index in [1.165, 1.54) is 47.1 Å². The molecular formula is C18H19N5OS2. The van der Waals surface area contributed by atoms with E-state index in [9.17, 15) is 4.79 Å². The third-order valence-electron chi connectivity index (χ3n) is 4.18. The molecule has 1 aliphatic carbocycles. The lowest BCUT2D eigenvalue weighted by atomic mass is 10.1. The SMILES string of the molecule is Cc1ccc(C)c(-n2ccnc2SCC(=O)Nc2nnc(C3CC3)s2)c1. The van der Waals surface area contributed by atoms with Crippen LogP contribution in [0.1, 0.15) is 34.9 Å². The summed E-state index contributed by atoms with van der Waals surface area (Å²) in [5.41, 5.74) is 3.45. The van der Waals surface area contributed by atoms with Crippen LogP contribution in [0.3, 0.4) is 0 Å². The highest BCUT2D eigenvalue weighted by molar-refractivity contribution is 7.99. The van der Waals surface area contributed by atoms with Gasteiger partial charge in [-0.2, -0.15) is 0 Å². The van der Waals surface area contributed by atoms with Gasteiger partial charge in [-0.15, -0.1) is 10.2 Å². The normalized spacial score (nSPS) is 13.8. The number of hydrogen-bond acceptors (Lipinski definition) is 6. The van der Waals surface area contributed by atoms with Gasteiger partial charge in [0.2, 0.25) is 11.0 Å². The molecule has 1 amide bonds. The van der Waals surface area contributed by atoms with Gasteiger partial charge in [0.05, 0.1) is 11.4 Å². The van der Waals surface area contributed by atoms with Crippen molar-refractivity contribution in [1.29, 1.82) is 0 Å². The van der Waals surface area contributed by atoms with Crippen LogP contribution in [0.15, 0.2) is 35.7 Å². The zero-order chi connectivity index (χ0) is 18.1. The number of amides is 1. The van der Waals surface area contributed by atoms with Crippen LogP contribution < -0.4 is 5.32 Å². The molecule has 0 atom stereocenters. The lowest BCUT2D eigenvalue weighted by Gasteiger charge is -2.11. The molecule has 2 aromatic heterocycles. The number of carbonyl (C=O) groups excluding carboxylic acids is 1. The molecule has 134 valence electrons. The standard InChI is InChI=1S/C18H19N5OS2/c1-11-3-4-12(2)14(9-11)23-8-7-19-18(23)25-10-15(24)20-17-22-21-16(26-17)13-5-6-13/h3-4,7-9,13H,5-6,10H2,1-2H3,(H,20,22,24). The summed E-state index contributed by atoms with van der Waals surface area (Å²) in [7, 11) is 0. The van der Waals surface area contributed by atoms with Crippen molar-refractivity contribution in [1.82, 2.24) is 19.7 Å². The van der Waals surface area contributed by atoms with E-state index in [1.807, 2.05) is 10.8 Å². The first-order chi connectivity index (χ1) is 12.6. The van der Waals surface area contributed by atoms with E-state index < -0.39 is 0 Å². The topological polar surface area (TPSA) is 72.7 Å². The lowest BCUT2D eigenvalue weighted by molar-refractivity contribution is -0.113. The van der Waals surface area contributed by atoms with E-state index in [2.05, 4.69) is 52.5 Å². The van der Waals surface area contributed by atoms with E-state index in [4.69, 9.17) is 0 Å². The summed E-state index contributed by atoms with van der Waals surface area (Å²) in [6.07, 6.45) is 6.04. The highest BCUT2D eigenvalue weighted by Gasteiger charge is 2.27. The Morgan fingerprint density at radius 2 is 2.19 bits per heavy atom. The van der Waals surface area contributed by atoms with Crippen LogP contribution in [0.4, 0.5) is 5.13 Å². The predicted octanol–water partition coefficient (Wildman–Crippen LogP) is 3.95. The molecule has 1 saturated carbocycles. The van der Waals surface area contributed by atoms with Gasteiger partial charge >= 0.3 is 0 Å². The number of rotatable bonds is 6. The summed E-state index contributed by atoms with van der Waals surface area (Å²) in [6.45, 7) is 4.14. The zero-order valence-corrected chi connectivity index (χ0v) is 16.2. The molecule has 6 nitrogen and oxygen atoms in total. The van der Waals surface area contributed by atoms with Crippen LogP contribution in [0.2, 0.25) is 0 Å². The van der Waals surface area contributed by atoms with Crippen molar-refractivity contribution in [2.45, 2.75) is 37.8 Å². The summed E-state index contributed by atoms with van der Waals surface area (Å²) in [5, 5.41) is 13.4. The minimum absolute atomic E-state index is 0.0935. The maximum Gasteiger partial charge on any atom is 0.236 e. The molecule has 0 radical (unpaired) electrons. The molecule has 4 rings (SSSR count). The van der Waals surface area contributed by atoms with Gasteiger partial charge in [-0.3, -0.25) is 14.7 Å². The first kappa shape index (κ1) is 17.2. The van der Waals surface area contributed by atoms with Gasteiger partial charge in [0.15, 0.2) is 5.16 Å². The van der Waals surface area contributed by atoms with Crippen molar-refractivity contribution in [2.75, 3.05) is 11.1 Å². The maximum atomic E-state index is 12.2. The number of benzene rings is 1. The molecule has 1 N–H and O–H groups in total. The van der Waals surface area contributed by atoms with Gasteiger partial charge in [-0.05, 0) is 43.9 Å². The Kier molecular flexibility index (Phi) is 4.78. The van der Waals surface area contributed by atoms with Crippen LogP contribution in [-0.2, 0) is 4.79 Å². The number of thioether (sulfide) groups is 1. The third-order valence-corrected chi connectivity index (χ3v) is 6.14. The molecule has 0 unspecified atom stereocenters. The molecule has 0 bridgehead atoms. The molecule has 3 aromatic rings. The van der Waals surface area contributed by atoms with E-state index in [0.29, 0.717) is 11.0 Å². The fourth-order valence-corrected chi connectivity index (χ4v) is 4.32. The first-order valence-corrected chi connectivity index (χ1v) is 10.3. The van der Waals surface area contributed by atoms with Crippen molar-refractivity contribution >= 4 is 34.1 Å². The number of nitrogens with zero attached hydrogens (tertiary/aromatic N) is 4. The highest BCUT2D eigenvalue weighted by Crippen LogP contribution is 2.42. The van der Waals surface area contributed by atoms with Gasteiger partial charge in [-0.25, -0.2) is 4.98 Å². The molecule has 0 saturated heterocycles. The summed E-state index contributed by atoms with van der Waals surface area (Å²) in [4.78, 5) is 16.6. The Morgan fingerprint density at radius 1 is 1.35 bits per heavy atom. The molecule has 8 heteroatoms. The number of aromatic nitrogens is 4. The molecule has 0 aliphatic heterocycles. The molecule has 26 heavy (non-hydrogen) atoms. The van der Waals surface area contributed by atoms with Crippen LogP contribution in [0, 0.1) is 13.8 Å². The quantitative estimate of drug-likeness (QED) is 0.651. The number of imidazole rings is 1. The molecule has 1 aromatic carbocycles. The molecule has 2 heterocycles. The van der Waals surface area contributed by atoms with E-state index in [-0.39, 0.29) is 11.7 Å². The summed E-state index contributed by atoms with van der Waals surface area (Å²) < 4.78 is 2.02. The minimum atomic E-state index is -0.0935. The minimum Gasteiger partial charge on any atom is -0.300 e. The third kappa shape index (κ3) is 3.81. The Balaban J connectivity index is 1.41. The van der Waals surface area contributed by atoms with Crippen molar-refractivity contribution in [3.63, 3.8) is 0 Å². The van der Waals surface area contributed by atoms with Gasteiger partial charge in [0, 0.05) is 18.3 Å². The van der Waals surface area contributed by atoms with Gasteiger partial charge in [0.25, 0.3) is 0 Å². The van der Waals surface area contributed by atoms with Crippen molar-refractivity contribution < 1.29 is 4.79 Å². The largest absolute Gasteiger partial charge is 0.300 e. The molecular weight excluding hydrogens is 366 g/mol. The summed E-state index contributed by atoms with van der Waals surface area (Å²) in [6, 6.07) is 6.31. The van der Waals surface area contributed by atoms with Crippen molar-refractivity contribution in [3.05, 3.63) is 46.7 Å². The Hall–Kier alpha value is -2.19. The predicted molar refractivity (Wildman–Crippen MR) is 104 cm³/mol. The molecule has 0 spiro atoms. The van der Waals surface area contributed by atoms with Crippen molar-refractivity contribution in [3.8, 4) is 5.69 Å². The average molecular weight is 386 g/mol. The highest BCUT2D eigenvalue weighted by atomic mass is 32.2. The first-order valence-electron chi connectivity index (χ1n) is 8.47. The van der Waals surface area contributed by atoms with Crippen LogP contribution in [-0.4, -0.2) is 31.4 Å². The van der Waals surface area contributed by atoms with Crippen LogP contribution in [0.25, 0.3) is 5.69 Å². The summed E-state index contributed by atoms with van der Waals surface area (Å²) in [5.74, 6) is 0.738. The van der Waals surface area contributed by atoms with Gasteiger partial charge in [-0.1, -0.05) is 35.2 Å². The van der Waals surface area contributed by atoms with E-state index in [1.54, 1.807) is 6.20 Å². The van der Waals surface area contributed by atoms with E-state index in [0.717, 1.165) is 15.9 Å².